The minimum Gasteiger partial charge on any atom is -0.357 e. The van der Waals surface area contributed by atoms with Crippen molar-refractivity contribution in [2.24, 2.45) is 0 Å². The SMILES string of the molecule is CCCCN1C(=O)[C@@H]2Cc3c([nH]c4ccccc34)CN2C1=O. The zero-order valence-electron chi connectivity index (χ0n) is 12.6. The quantitative estimate of drug-likeness (QED) is 0.886. The largest absolute Gasteiger partial charge is 0.357 e. The van der Waals surface area contributed by atoms with Gasteiger partial charge in [0.05, 0.1) is 6.54 Å². The number of amides is 3. The molecule has 1 saturated heterocycles. The maximum Gasteiger partial charge on any atom is 0.327 e. The number of unbranched alkanes of at least 4 members (excludes halogenated alkanes) is 1. The van der Waals surface area contributed by atoms with Crippen LogP contribution in [-0.2, 0) is 17.8 Å². The number of aromatic nitrogens is 1. The van der Waals surface area contributed by atoms with Crippen molar-refractivity contribution in [3.63, 3.8) is 0 Å². The number of carbonyl (C=O) groups is 2. The first kappa shape index (κ1) is 13.4. The smallest absolute Gasteiger partial charge is 0.327 e. The van der Waals surface area contributed by atoms with Crippen LogP contribution in [0, 0.1) is 0 Å². The normalized spacial score (nSPS) is 20.7. The number of nitrogens with zero attached hydrogens (tertiary/aromatic N) is 2. The number of fused-ring (bicyclic) bond motifs is 4. The summed E-state index contributed by atoms with van der Waals surface area (Å²) in [7, 11) is 0. The molecule has 1 aromatic heterocycles. The van der Waals surface area contributed by atoms with Gasteiger partial charge >= 0.3 is 6.03 Å². The van der Waals surface area contributed by atoms with Gasteiger partial charge in [0.1, 0.15) is 6.04 Å². The summed E-state index contributed by atoms with van der Waals surface area (Å²) in [4.78, 5) is 31.6. The summed E-state index contributed by atoms with van der Waals surface area (Å²) in [6, 6.07) is 7.67. The van der Waals surface area contributed by atoms with Crippen LogP contribution in [0.4, 0.5) is 4.79 Å². The Morgan fingerprint density at radius 2 is 2.09 bits per heavy atom. The molecule has 1 atom stereocenters. The fourth-order valence-electron chi connectivity index (χ4n) is 3.58. The van der Waals surface area contributed by atoms with Crippen molar-refractivity contribution < 1.29 is 9.59 Å². The van der Waals surface area contributed by atoms with Crippen LogP contribution in [0.2, 0.25) is 0 Å². The Bertz CT molecular complexity index is 764. The van der Waals surface area contributed by atoms with Gasteiger partial charge < -0.3 is 9.88 Å². The highest BCUT2D eigenvalue weighted by Gasteiger charge is 2.47. The number of hydrogen-bond donors (Lipinski definition) is 1. The zero-order valence-corrected chi connectivity index (χ0v) is 12.6. The molecule has 2 aliphatic rings. The molecule has 0 spiro atoms. The Morgan fingerprint density at radius 3 is 2.91 bits per heavy atom. The second-order valence-corrected chi connectivity index (χ2v) is 6.10. The van der Waals surface area contributed by atoms with E-state index in [-0.39, 0.29) is 18.0 Å². The number of imide groups is 1. The number of para-hydroxylation sites is 1. The number of carbonyl (C=O) groups excluding carboxylic acids is 2. The van der Waals surface area contributed by atoms with Crippen molar-refractivity contribution in [3.8, 4) is 0 Å². The average molecular weight is 297 g/mol. The molecule has 0 unspecified atom stereocenters. The van der Waals surface area contributed by atoms with Gasteiger partial charge in [-0.15, -0.1) is 0 Å². The van der Waals surface area contributed by atoms with Gasteiger partial charge in [0.2, 0.25) is 0 Å². The van der Waals surface area contributed by atoms with Gasteiger partial charge in [-0.25, -0.2) is 4.79 Å². The highest BCUT2D eigenvalue weighted by Crippen LogP contribution is 2.34. The zero-order chi connectivity index (χ0) is 15.3. The fourth-order valence-corrected chi connectivity index (χ4v) is 3.58. The van der Waals surface area contributed by atoms with Crippen molar-refractivity contribution in [2.45, 2.75) is 38.8 Å². The molecule has 3 amide bonds. The first-order valence-corrected chi connectivity index (χ1v) is 7.91. The summed E-state index contributed by atoms with van der Waals surface area (Å²) >= 11 is 0. The fraction of sp³-hybridized carbons (Fsp3) is 0.412. The predicted molar refractivity (Wildman–Crippen MR) is 83.4 cm³/mol. The number of urea groups is 1. The molecule has 0 bridgehead atoms. The lowest BCUT2D eigenvalue weighted by Crippen LogP contribution is -2.39. The molecule has 114 valence electrons. The van der Waals surface area contributed by atoms with Gasteiger partial charge in [-0.2, -0.15) is 0 Å². The molecule has 0 aliphatic carbocycles. The Hall–Kier alpha value is -2.30. The molecule has 4 rings (SSSR count). The molecule has 2 aliphatic heterocycles. The Kier molecular flexibility index (Phi) is 2.96. The molecule has 2 aromatic rings. The predicted octanol–water partition coefficient (Wildman–Crippen LogP) is 2.66. The van der Waals surface area contributed by atoms with Gasteiger partial charge in [0, 0.05) is 29.6 Å². The van der Waals surface area contributed by atoms with Crippen molar-refractivity contribution >= 4 is 22.8 Å². The van der Waals surface area contributed by atoms with Gasteiger partial charge in [0.15, 0.2) is 0 Å². The van der Waals surface area contributed by atoms with Gasteiger partial charge in [-0.3, -0.25) is 9.69 Å². The summed E-state index contributed by atoms with van der Waals surface area (Å²) in [6.07, 6.45) is 2.46. The molecule has 1 N–H and O–H groups in total. The summed E-state index contributed by atoms with van der Waals surface area (Å²) in [5.41, 5.74) is 3.34. The third-order valence-corrected chi connectivity index (χ3v) is 4.77. The summed E-state index contributed by atoms with van der Waals surface area (Å²) in [5.74, 6) is -0.0330. The van der Waals surface area contributed by atoms with Gasteiger partial charge in [-0.05, 0) is 18.1 Å². The lowest BCUT2D eigenvalue weighted by Gasteiger charge is -2.26. The number of aromatic amines is 1. The van der Waals surface area contributed by atoms with E-state index in [0.717, 1.165) is 24.1 Å². The molecule has 1 aromatic carbocycles. The van der Waals surface area contributed by atoms with E-state index in [2.05, 4.69) is 18.0 Å². The number of benzene rings is 1. The van der Waals surface area contributed by atoms with Gasteiger partial charge in [-0.1, -0.05) is 31.5 Å². The van der Waals surface area contributed by atoms with Crippen molar-refractivity contribution in [2.75, 3.05) is 6.54 Å². The molecular formula is C17H19N3O2. The number of hydrogen-bond acceptors (Lipinski definition) is 2. The number of nitrogens with one attached hydrogen (secondary N) is 1. The molecule has 5 heteroatoms. The lowest BCUT2D eigenvalue weighted by molar-refractivity contribution is -0.128. The van der Waals surface area contributed by atoms with Crippen molar-refractivity contribution in [3.05, 3.63) is 35.5 Å². The van der Waals surface area contributed by atoms with E-state index in [0.29, 0.717) is 19.5 Å². The third kappa shape index (κ3) is 1.78. The van der Waals surface area contributed by atoms with E-state index in [1.54, 1.807) is 4.90 Å². The topological polar surface area (TPSA) is 56.4 Å². The summed E-state index contributed by atoms with van der Waals surface area (Å²) < 4.78 is 0. The van der Waals surface area contributed by atoms with Crippen LogP contribution in [0.3, 0.4) is 0 Å². The molecule has 0 radical (unpaired) electrons. The van der Waals surface area contributed by atoms with Crippen LogP contribution in [0.1, 0.15) is 31.0 Å². The highest BCUT2D eigenvalue weighted by atomic mass is 16.2. The van der Waals surface area contributed by atoms with E-state index in [1.807, 2.05) is 18.2 Å². The van der Waals surface area contributed by atoms with E-state index in [4.69, 9.17) is 0 Å². The monoisotopic (exact) mass is 297 g/mol. The highest BCUT2D eigenvalue weighted by molar-refractivity contribution is 6.05. The first-order valence-electron chi connectivity index (χ1n) is 7.91. The number of rotatable bonds is 3. The molecular weight excluding hydrogens is 278 g/mol. The molecule has 5 nitrogen and oxygen atoms in total. The van der Waals surface area contributed by atoms with Crippen LogP contribution in [0.15, 0.2) is 24.3 Å². The third-order valence-electron chi connectivity index (χ3n) is 4.77. The average Bonchev–Trinajstić information content (AvgIpc) is 3.01. The molecule has 3 heterocycles. The minimum absolute atomic E-state index is 0.0330. The second-order valence-electron chi connectivity index (χ2n) is 6.10. The minimum atomic E-state index is -0.323. The van der Waals surface area contributed by atoms with Crippen LogP contribution < -0.4 is 0 Å². The van der Waals surface area contributed by atoms with E-state index in [9.17, 15) is 9.59 Å². The van der Waals surface area contributed by atoms with Crippen LogP contribution >= 0.6 is 0 Å². The van der Waals surface area contributed by atoms with Gasteiger partial charge in [0.25, 0.3) is 5.91 Å². The standard InChI is InChI=1S/C17H19N3O2/c1-2-3-8-19-16(21)15-9-12-11-6-4-5-7-13(11)18-14(12)10-20(15)17(19)22/h4-7,15,18H,2-3,8-10H2,1H3/t15-/m0/s1. The maximum absolute atomic E-state index is 12.6. The Labute approximate surface area is 128 Å². The summed E-state index contributed by atoms with van der Waals surface area (Å²) in [5, 5.41) is 1.17. The second kappa shape index (κ2) is 4.87. The van der Waals surface area contributed by atoms with E-state index in [1.165, 1.54) is 15.8 Å². The van der Waals surface area contributed by atoms with E-state index >= 15 is 0 Å². The molecule has 22 heavy (non-hydrogen) atoms. The first-order chi connectivity index (χ1) is 10.7. The Balaban J connectivity index is 1.69. The van der Waals surface area contributed by atoms with Crippen LogP contribution in [0.5, 0.6) is 0 Å². The van der Waals surface area contributed by atoms with E-state index < -0.39 is 0 Å². The lowest BCUT2D eigenvalue weighted by atomic mass is 9.97. The Morgan fingerprint density at radius 1 is 1.27 bits per heavy atom. The molecule has 0 saturated carbocycles. The maximum atomic E-state index is 12.6. The van der Waals surface area contributed by atoms with Crippen molar-refractivity contribution in [1.82, 2.24) is 14.8 Å². The van der Waals surface area contributed by atoms with Crippen LogP contribution in [0.25, 0.3) is 10.9 Å². The number of H-pyrrole nitrogens is 1. The molecule has 1 fully saturated rings. The van der Waals surface area contributed by atoms with Crippen LogP contribution in [-0.4, -0.2) is 39.3 Å². The summed E-state index contributed by atoms with van der Waals surface area (Å²) in [6.45, 7) is 3.10. The van der Waals surface area contributed by atoms with Crippen molar-refractivity contribution in [1.29, 1.82) is 0 Å².